The van der Waals surface area contributed by atoms with E-state index >= 15 is 0 Å². The summed E-state index contributed by atoms with van der Waals surface area (Å²) in [6.07, 6.45) is 0.494. The first-order valence-corrected chi connectivity index (χ1v) is 13.2. The molecule has 4 rings (SSSR count). The average molecular weight is 517 g/mol. The second-order valence-electron chi connectivity index (χ2n) is 9.80. The van der Waals surface area contributed by atoms with Crippen molar-refractivity contribution in [3.63, 3.8) is 0 Å². The van der Waals surface area contributed by atoms with Gasteiger partial charge in [0.05, 0.1) is 15.2 Å². The predicted octanol–water partition coefficient (Wildman–Crippen LogP) is 6.85. The molecule has 0 aliphatic rings. The van der Waals surface area contributed by atoms with Crippen molar-refractivity contribution in [2.24, 2.45) is 0 Å². The number of aryl methyl sites for hydroxylation is 1. The lowest BCUT2D eigenvalue weighted by atomic mass is 10.0. The summed E-state index contributed by atoms with van der Waals surface area (Å²) in [6, 6.07) is 26.3. The zero-order valence-corrected chi connectivity index (χ0v) is 22.2. The highest BCUT2D eigenvalue weighted by Gasteiger charge is 2.28. The zero-order chi connectivity index (χ0) is 26.3. The van der Waals surface area contributed by atoms with Crippen LogP contribution < -0.4 is 5.32 Å². The van der Waals surface area contributed by atoms with E-state index < -0.39 is 29.8 Å². The van der Waals surface area contributed by atoms with Crippen molar-refractivity contribution in [3.05, 3.63) is 101 Å². The van der Waals surface area contributed by atoms with Crippen LogP contribution in [0.2, 0.25) is 0 Å². The van der Waals surface area contributed by atoms with E-state index in [0.29, 0.717) is 19.3 Å². The van der Waals surface area contributed by atoms with Gasteiger partial charge in [-0.05, 0) is 63.3 Å². The fourth-order valence-corrected chi connectivity index (χ4v) is 4.97. The maximum absolute atomic E-state index is 13.5. The number of aromatic nitrogens is 1. The highest BCUT2D eigenvalue weighted by Crippen LogP contribution is 2.27. The molecule has 0 saturated carbocycles. The Morgan fingerprint density at radius 3 is 2.08 bits per heavy atom. The molecule has 37 heavy (non-hydrogen) atoms. The van der Waals surface area contributed by atoms with Gasteiger partial charge < -0.3 is 14.8 Å². The van der Waals surface area contributed by atoms with Gasteiger partial charge in [0.1, 0.15) is 11.6 Å². The van der Waals surface area contributed by atoms with Gasteiger partial charge in [-0.3, -0.25) is 0 Å². The number of alkyl carbamates (subject to hydrolysis) is 1. The van der Waals surface area contributed by atoms with Crippen molar-refractivity contribution >= 4 is 33.6 Å². The number of fused-ring (bicyclic) bond motifs is 1. The van der Waals surface area contributed by atoms with Crippen molar-refractivity contribution < 1.29 is 19.1 Å². The molecule has 7 heteroatoms. The summed E-state index contributed by atoms with van der Waals surface area (Å²) in [5.74, 6) is -0.507. The SMILES string of the molecule is CC(C)(C)OC(=O)NC(CCCc1nc2ccccc2s1)C(=O)OC(c1ccccc1)c1ccccc1. The number of nitrogens with zero attached hydrogens (tertiary/aromatic N) is 1. The van der Waals surface area contributed by atoms with E-state index in [-0.39, 0.29) is 0 Å². The fourth-order valence-electron chi connectivity index (χ4n) is 3.97. The zero-order valence-electron chi connectivity index (χ0n) is 21.3. The number of amides is 1. The van der Waals surface area contributed by atoms with Crippen LogP contribution in [0.4, 0.5) is 4.79 Å². The lowest BCUT2D eigenvalue weighted by Crippen LogP contribution is -2.44. The van der Waals surface area contributed by atoms with Gasteiger partial charge in [-0.15, -0.1) is 11.3 Å². The Morgan fingerprint density at radius 1 is 0.892 bits per heavy atom. The second-order valence-corrected chi connectivity index (χ2v) is 10.9. The second kappa shape index (κ2) is 12.0. The molecule has 0 saturated heterocycles. The quantitative estimate of drug-likeness (QED) is 0.246. The number of hydrogen-bond donors (Lipinski definition) is 1. The standard InChI is InChI=1S/C30H32N2O4S/c1-30(2,3)36-29(34)32-24(18-12-20-26-31-23-17-10-11-19-25(23)37-26)28(33)35-27(21-13-6-4-7-14-21)22-15-8-5-9-16-22/h4-11,13-17,19,24,27H,12,18,20H2,1-3H3,(H,32,34). The third-order valence-corrected chi connectivity index (χ3v) is 6.73. The largest absolute Gasteiger partial charge is 0.451 e. The van der Waals surface area contributed by atoms with Gasteiger partial charge >= 0.3 is 12.1 Å². The van der Waals surface area contributed by atoms with Gasteiger partial charge in [0.2, 0.25) is 0 Å². The molecular formula is C30H32N2O4S. The minimum absolute atomic E-state index is 0.393. The summed E-state index contributed by atoms with van der Waals surface area (Å²) in [7, 11) is 0. The van der Waals surface area contributed by atoms with E-state index in [1.165, 1.54) is 0 Å². The minimum Gasteiger partial charge on any atom is -0.451 e. The normalized spacial score (nSPS) is 12.3. The molecule has 1 N–H and O–H groups in total. The molecule has 3 aromatic carbocycles. The highest BCUT2D eigenvalue weighted by molar-refractivity contribution is 7.18. The molecule has 192 valence electrons. The van der Waals surface area contributed by atoms with Crippen molar-refractivity contribution in [2.75, 3.05) is 0 Å². The van der Waals surface area contributed by atoms with Gasteiger partial charge in [-0.25, -0.2) is 14.6 Å². The van der Waals surface area contributed by atoms with Crippen molar-refractivity contribution in [3.8, 4) is 0 Å². The third-order valence-electron chi connectivity index (χ3n) is 5.64. The number of thiazole rings is 1. The Hall–Kier alpha value is -3.71. The maximum Gasteiger partial charge on any atom is 0.408 e. The first kappa shape index (κ1) is 26.4. The van der Waals surface area contributed by atoms with Crippen LogP contribution in [0.3, 0.4) is 0 Å². The topological polar surface area (TPSA) is 77.5 Å². The number of benzene rings is 3. The van der Waals surface area contributed by atoms with E-state index in [1.54, 1.807) is 32.1 Å². The van der Waals surface area contributed by atoms with Gasteiger partial charge in [-0.2, -0.15) is 0 Å². The first-order chi connectivity index (χ1) is 17.8. The molecule has 0 fully saturated rings. The van der Waals surface area contributed by atoms with E-state index in [9.17, 15) is 9.59 Å². The molecule has 1 atom stereocenters. The molecule has 1 heterocycles. The molecule has 0 radical (unpaired) electrons. The van der Waals surface area contributed by atoms with Gasteiger partial charge in [-0.1, -0.05) is 72.8 Å². The Balaban J connectivity index is 1.49. The third kappa shape index (κ3) is 7.64. The summed E-state index contributed by atoms with van der Waals surface area (Å²) in [6.45, 7) is 5.36. The number of esters is 1. The van der Waals surface area contributed by atoms with Gasteiger partial charge in [0.25, 0.3) is 0 Å². The van der Waals surface area contributed by atoms with E-state index in [0.717, 1.165) is 26.4 Å². The Labute approximate surface area is 221 Å². The number of nitrogens with one attached hydrogen (secondary N) is 1. The minimum atomic E-state index is -0.862. The maximum atomic E-state index is 13.5. The molecular weight excluding hydrogens is 484 g/mol. The molecule has 4 aromatic rings. The lowest BCUT2D eigenvalue weighted by Gasteiger charge is -2.25. The van der Waals surface area contributed by atoms with Crippen molar-refractivity contribution in [1.82, 2.24) is 10.3 Å². The number of rotatable bonds is 9. The molecule has 0 spiro atoms. The van der Waals surface area contributed by atoms with Crippen LogP contribution in [0.25, 0.3) is 10.2 Å². The van der Waals surface area contributed by atoms with Gasteiger partial charge in [0, 0.05) is 0 Å². The van der Waals surface area contributed by atoms with Crippen LogP contribution in [0.15, 0.2) is 84.9 Å². The summed E-state index contributed by atoms with van der Waals surface area (Å²) in [5.41, 5.74) is 2.00. The van der Waals surface area contributed by atoms with Crippen molar-refractivity contribution in [1.29, 1.82) is 0 Å². The van der Waals surface area contributed by atoms with E-state index in [1.807, 2.05) is 84.9 Å². The number of para-hydroxylation sites is 1. The molecule has 0 aliphatic carbocycles. The Bertz CT molecular complexity index is 1240. The van der Waals surface area contributed by atoms with Gasteiger partial charge in [0.15, 0.2) is 6.10 Å². The Kier molecular flexibility index (Phi) is 8.56. The number of carbonyl (C=O) groups is 2. The molecule has 6 nitrogen and oxygen atoms in total. The molecule has 1 amide bonds. The summed E-state index contributed by atoms with van der Waals surface area (Å²) in [5, 5.41) is 3.74. The van der Waals surface area contributed by atoms with Crippen LogP contribution in [-0.4, -0.2) is 28.7 Å². The molecule has 1 unspecified atom stereocenters. The van der Waals surface area contributed by atoms with E-state index in [4.69, 9.17) is 9.47 Å². The van der Waals surface area contributed by atoms with Crippen molar-refractivity contribution in [2.45, 2.75) is 57.8 Å². The number of ether oxygens (including phenoxy) is 2. The molecule has 1 aromatic heterocycles. The fraction of sp³-hybridized carbons (Fsp3) is 0.300. The van der Waals surface area contributed by atoms with Crippen LogP contribution in [0.5, 0.6) is 0 Å². The first-order valence-electron chi connectivity index (χ1n) is 12.4. The Morgan fingerprint density at radius 2 is 1.49 bits per heavy atom. The van der Waals surface area contributed by atoms with Crippen LogP contribution in [0, 0.1) is 0 Å². The number of carbonyl (C=O) groups excluding carboxylic acids is 2. The smallest absolute Gasteiger partial charge is 0.408 e. The van der Waals surface area contributed by atoms with Crippen LogP contribution >= 0.6 is 11.3 Å². The number of hydrogen-bond acceptors (Lipinski definition) is 6. The summed E-state index contributed by atoms with van der Waals surface area (Å²) >= 11 is 1.64. The monoisotopic (exact) mass is 516 g/mol. The lowest BCUT2D eigenvalue weighted by molar-refractivity contribution is -0.150. The average Bonchev–Trinajstić information content (AvgIpc) is 3.29. The van der Waals surface area contributed by atoms with Crippen LogP contribution in [-0.2, 0) is 20.7 Å². The molecule has 0 aliphatic heterocycles. The summed E-state index contributed by atoms with van der Waals surface area (Å²) < 4.78 is 12.6. The molecule has 0 bridgehead atoms. The summed E-state index contributed by atoms with van der Waals surface area (Å²) in [4.78, 5) is 30.8. The van der Waals surface area contributed by atoms with Crippen LogP contribution in [0.1, 0.15) is 55.9 Å². The van der Waals surface area contributed by atoms with E-state index in [2.05, 4.69) is 10.3 Å². The predicted molar refractivity (Wildman–Crippen MR) is 147 cm³/mol. The highest BCUT2D eigenvalue weighted by atomic mass is 32.1.